The molecule has 2 aliphatic rings. The zero-order chi connectivity index (χ0) is 12.0. The van der Waals surface area contributed by atoms with Gasteiger partial charge in [-0.3, -0.25) is 0 Å². The summed E-state index contributed by atoms with van der Waals surface area (Å²) < 4.78 is 0. The van der Waals surface area contributed by atoms with E-state index in [1.165, 1.54) is 83.8 Å². The van der Waals surface area contributed by atoms with Gasteiger partial charge < -0.3 is 4.90 Å². The van der Waals surface area contributed by atoms with Crippen molar-refractivity contribution in [2.24, 2.45) is 5.41 Å². The van der Waals surface area contributed by atoms with Crippen molar-refractivity contribution in [3.8, 4) is 0 Å². The van der Waals surface area contributed by atoms with Crippen LogP contribution in [0.2, 0.25) is 0 Å². The van der Waals surface area contributed by atoms with E-state index < -0.39 is 0 Å². The van der Waals surface area contributed by atoms with Crippen molar-refractivity contribution < 1.29 is 0 Å². The third kappa shape index (κ3) is 4.17. The smallest absolute Gasteiger partial charge is 0.00458 e. The predicted octanol–water partition coefficient (Wildman–Crippen LogP) is 4.13. The molecule has 0 atom stereocenters. The van der Waals surface area contributed by atoms with Crippen molar-refractivity contribution in [1.29, 1.82) is 0 Å². The third-order valence-corrected chi connectivity index (χ3v) is 5.43. The van der Waals surface area contributed by atoms with E-state index in [4.69, 9.17) is 0 Å². The van der Waals surface area contributed by atoms with Gasteiger partial charge >= 0.3 is 0 Å². The number of likely N-dealkylation sites (tertiary alicyclic amines) is 1. The zero-order valence-electron chi connectivity index (χ0n) is 11.3. The van der Waals surface area contributed by atoms with Gasteiger partial charge in [-0.2, -0.15) is 12.6 Å². The van der Waals surface area contributed by atoms with Crippen LogP contribution in [-0.2, 0) is 0 Å². The van der Waals surface area contributed by atoms with E-state index in [9.17, 15) is 0 Å². The molecule has 1 nitrogen and oxygen atoms in total. The van der Waals surface area contributed by atoms with Crippen LogP contribution in [0.3, 0.4) is 0 Å². The Morgan fingerprint density at radius 2 is 1.29 bits per heavy atom. The fourth-order valence-electron chi connectivity index (χ4n) is 3.61. The quantitative estimate of drug-likeness (QED) is 0.742. The Morgan fingerprint density at radius 3 is 1.88 bits per heavy atom. The van der Waals surface area contributed by atoms with Crippen LogP contribution in [0.4, 0.5) is 0 Å². The Morgan fingerprint density at radius 1 is 0.765 bits per heavy atom. The summed E-state index contributed by atoms with van der Waals surface area (Å²) in [5, 5.41) is 0. The summed E-state index contributed by atoms with van der Waals surface area (Å²) in [6, 6.07) is 0. The highest BCUT2D eigenvalue weighted by molar-refractivity contribution is 7.80. The Balaban J connectivity index is 1.86. The molecule has 2 rings (SSSR count). The summed E-state index contributed by atoms with van der Waals surface area (Å²) in [6.45, 7) is 4.02. The van der Waals surface area contributed by atoms with Crippen LogP contribution in [-0.4, -0.2) is 30.3 Å². The zero-order valence-corrected chi connectivity index (χ0v) is 12.2. The summed E-state index contributed by atoms with van der Waals surface area (Å²) in [4.78, 5) is 2.75. The van der Waals surface area contributed by atoms with Crippen LogP contribution in [0.25, 0.3) is 0 Å². The van der Waals surface area contributed by atoms with Crippen molar-refractivity contribution in [1.82, 2.24) is 4.90 Å². The highest BCUT2D eigenvalue weighted by atomic mass is 32.1. The average molecular weight is 255 g/mol. The second-order valence-electron chi connectivity index (χ2n) is 6.26. The molecule has 17 heavy (non-hydrogen) atoms. The van der Waals surface area contributed by atoms with Gasteiger partial charge in [0.1, 0.15) is 0 Å². The van der Waals surface area contributed by atoms with Crippen molar-refractivity contribution in [2.45, 2.75) is 64.2 Å². The second kappa shape index (κ2) is 7.04. The lowest BCUT2D eigenvalue weighted by Crippen LogP contribution is -2.41. The molecular weight excluding hydrogens is 226 g/mol. The SMILES string of the molecule is SCC1(CN2CCCCCCC2)CCCCC1. The lowest BCUT2D eigenvalue weighted by atomic mass is 9.75. The normalized spacial score (nSPS) is 27.4. The largest absolute Gasteiger partial charge is 0.303 e. The lowest BCUT2D eigenvalue weighted by Gasteiger charge is -2.41. The number of thiol groups is 1. The third-order valence-electron chi connectivity index (χ3n) is 4.76. The molecule has 0 spiro atoms. The maximum Gasteiger partial charge on any atom is 0.00458 e. The minimum atomic E-state index is 0.556. The Kier molecular flexibility index (Phi) is 5.68. The molecule has 0 amide bonds. The van der Waals surface area contributed by atoms with Gasteiger partial charge in [0.25, 0.3) is 0 Å². The van der Waals surface area contributed by atoms with E-state index in [1.54, 1.807) is 0 Å². The number of rotatable bonds is 3. The van der Waals surface area contributed by atoms with Gasteiger partial charge in [0, 0.05) is 6.54 Å². The molecule has 1 heterocycles. The van der Waals surface area contributed by atoms with Gasteiger partial charge in [-0.05, 0) is 49.9 Å². The van der Waals surface area contributed by atoms with Crippen molar-refractivity contribution >= 4 is 12.6 Å². The molecule has 0 bridgehead atoms. The van der Waals surface area contributed by atoms with Crippen molar-refractivity contribution in [2.75, 3.05) is 25.4 Å². The monoisotopic (exact) mass is 255 g/mol. The Hall–Kier alpha value is 0.310. The van der Waals surface area contributed by atoms with E-state index in [-0.39, 0.29) is 0 Å². The molecule has 2 fully saturated rings. The van der Waals surface area contributed by atoms with Gasteiger partial charge in [-0.25, -0.2) is 0 Å². The Labute approximate surface area is 113 Å². The number of hydrogen-bond acceptors (Lipinski definition) is 2. The van der Waals surface area contributed by atoms with Crippen LogP contribution in [0.15, 0.2) is 0 Å². The summed E-state index contributed by atoms with van der Waals surface area (Å²) in [5.41, 5.74) is 0.556. The molecule has 0 aromatic heterocycles. The molecule has 0 unspecified atom stereocenters. The maximum atomic E-state index is 4.67. The number of hydrogen-bond donors (Lipinski definition) is 1. The summed E-state index contributed by atoms with van der Waals surface area (Å²) in [7, 11) is 0. The van der Waals surface area contributed by atoms with Crippen molar-refractivity contribution in [3.05, 3.63) is 0 Å². The first-order valence-corrected chi connectivity index (χ1v) is 8.31. The minimum absolute atomic E-state index is 0.556. The molecule has 0 radical (unpaired) electrons. The molecule has 2 heteroatoms. The fraction of sp³-hybridized carbons (Fsp3) is 1.00. The van der Waals surface area contributed by atoms with Gasteiger partial charge in [0.05, 0.1) is 0 Å². The summed E-state index contributed by atoms with van der Waals surface area (Å²) >= 11 is 4.67. The molecule has 0 aromatic rings. The molecule has 1 saturated heterocycles. The average Bonchev–Trinajstić information content (AvgIpc) is 2.34. The second-order valence-corrected chi connectivity index (χ2v) is 6.58. The standard InChI is InChI=1S/C15H29NS/c17-14-15(9-5-4-6-10-15)13-16-11-7-2-1-3-8-12-16/h17H,1-14H2. The first kappa shape index (κ1) is 13.7. The van der Waals surface area contributed by atoms with Gasteiger partial charge in [-0.1, -0.05) is 38.5 Å². The minimum Gasteiger partial charge on any atom is -0.303 e. The van der Waals surface area contributed by atoms with Gasteiger partial charge in [-0.15, -0.1) is 0 Å². The number of nitrogens with zero attached hydrogens (tertiary/aromatic N) is 1. The predicted molar refractivity (Wildman–Crippen MR) is 78.9 cm³/mol. The van der Waals surface area contributed by atoms with Gasteiger partial charge in [0.2, 0.25) is 0 Å². The Bertz CT molecular complexity index is 203. The first-order valence-electron chi connectivity index (χ1n) is 7.68. The highest BCUT2D eigenvalue weighted by Gasteiger charge is 2.32. The fourth-order valence-corrected chi connectivity index (χ4v) is 4.03. The van der Waals surface area contributed by atoms with Crippen LogP contribution < -0.4 is 0 Å². The van der Waals surface area contributed by atoms with Crippen molar-refractivity contribution in [3.63, 3.8) is 0 Å². The van der Waals surface area contributed by atoms with E-state index >= 15 is 0 Å². The van der Waals surface area contributed by atoms with Crippen LogP contribution in [0, 0.1) is 5.41 Å². The van der Waals surface area contributed by atoms with E-state index in [0.717, 1.165) is 5.75 Å². The molecule has 1 aliphatic heterocycles. The molecule has 1 saturated carbocycles. The molecule has 100 valence electrons. The molecule has 0 N–H and O–H groups in total. The molecule has 1 aliphatic carbocycles. The topological polar surface area (TPSA) is 3.24 Å². The van der Waals surface area contributed by atoms with Gasteiger partial charge in [0.15, 0.2) is 0 Å². The van der Waals surface area contributed by atoms with E-state index in [2.05, 4.69) is 17.5 Å². The van der Waals surface area contributed by atoms with E-state index in [1.807, 2.05) is 0 Å². The lowest BCUT2D eigenvalue weighted by molar-refractivity contribution is 0.119. The molecule has 0 aromatic carbocycles. The molecular formula is C15H29NS. The van der Waals surface area contributed by atoms with Crippen LogP contribution in [0.5, 0.6) is 0 Å². The summed E-state index contributed by atoms with van der Waals surface area (Å²) in [6.07, 6.45) is 14.4. The van der Waals surface area contributed by atoms with Crippen LogP contribution in [0.1, 0.15) is 64.2 Å². The summed E-state index contributed by atoms with van der Waals surface area (Å²) in [5.74, 6) is 1.10. The first-order chi connectivity index (χ1) is 8.35. The van der Waals surface area contributed by atoms with E-state index in [0.29, 0.717) is 5.41 Å². The highest BCUT2D eigenvalue weighted by Crippen LogP contribution is 2.38. The van der Waals surface area contributed by atoms with Crippen LogP contribution >= 0.6 is 12.6 Å². The maximum absolute atomic E-state index is 4.67.